The van der Waals surface area contributed by atoms with Crippen LogP contribution < -0.4 is 11.1 Å². The van der Waals surface area contributed by atoms with Crippen molar-refractivity contribution in [1.82, 2.24) is 5.32 Å². The Labute approximate surface area is 135 Å². The number of nitrogens with one attached hydrogen (secondary N) is 1. The summed E-state index contributed by atoms with van der Waals surface area (Å²) in [4.78, 5) is 0. The number of hydrogen-bond acceptors (Lipinski definition) is 3. The quantitative estimate of drug-likeness (QED) is 0.507. The SMILES string of the molecule is CC/C=C(\C=C/COC(CC)CCNC)c1ccc(N)cc1. The second-order valence-corrected chi connectivity index (χ2v) is 5.35. The van der Waals surface area contributed by atoms with Crippen LogP contribution in [0.15, 0.2) is 42.5 Å². The molecule has 1 atom stereocenters. The van der Waals surface area contributed by atoms with Gasteiger partial charge in [-0.05, 0) is 56.1 Å². The second-order valence-electron chi connectivity index (χ2n) is 5.35. The number of nitrogens with two attached hydrogens (primary N) is 1. The fourth-order valence-corrected chi connectivity index (χ4v) is 2.25. The van der Waals surface area contributed by atoms with Gasteiger partial charge in [0.15, 0.2) is 0 Å². The summed E-state index contributed by atoms with van der Waals surface area (Å²) in [5.41, 5.74) is 8.95. The normalized spacial score (nSPS) is 13.7. The molecule has 0 spiro atoms. The van der Waals surface area contributed by atoms with Crippen LogP contribution in [0.5, 0.6) is 0 Å². The maximum absolute atomic E-state index is 5.90. The Hall–Kier alpha value is -1.58. The summed E-state index contributed by atoms with van der Waals surface area (Å²) in [6.07, 6.45) is 9.89. The zero-order valence-electron chi connectivity index (χ0n) is 14.1. The second kappa shape index (κ2) is 11.0. The smallest absolute Gasteiger partial charge is 0.0654 e. The van der Waals surface area contributed by atoms with E-state index in [0.29, 0.717) is 12.7 Å². The first kappa shape index (κ1) is 18.5. The maximum atomic E-state index is 5.90. The Morgan fingerprint density at radius 1 is 1.27 bits per heavy atom. The van der Waals surface area contributed by atoms with Crippen molar-refractivity contribution >= 4 is 11.3 Å². The van der Waals surface area contributed by atoms with Gasteiger partial charge in [-0.1, -0.05) is 44.2 Å². The van der Waals surface area contributed by atoms with Crippen LogP contribution in [0.3, 0.4) is 0 Å². The van der Waals surface area contributed by atoms with Crippen molar-refractivity contribution in [3.05, 3.63) is 48.1 Å². The first-order valence-electron chi connectivity index (χ1n) is 8.20. The summed E-state index contributed by atoms with van der Waals surface area (Å²) in [5, 5.41) is 3.17. The average molecular weight is 302 g/mol. The van der Waals surface area contributed by atoms with Gasteiger partial charge in [-0.25, -0.2) is 0 Å². The third-order valence-electron chi connectivity index (χ3n) is 3.57. The van der Waals surface area contributed by atoms with Crippen molar-refractivity contribution in [2.75, 3.05) is 25.9 Å². The third kappa shape index (κ3) is 6.92. The Balaban J connectivity index is 2.56. The number of hydrogen-bond donors (Lipinski definition) is 2. The van der Waals surface area contributed by atoms with Crippen molar-refractivity contribution in [2.45, 2.75) is 39.2 Å². The molecule has 1 unspecified atom stereocenters. The molecule has 0 saturated heterocycles. The van der Waals surface area contributed by atoms with E-state index in [1.807, 2.05) is 19.2 Å². The van der Waals surface area contributed by atoms with Crippen molar-refractivity contribution in [3.8, 4) is 0 Å². The standard InChI is InChI=1S/C19H30N2O/c1-4-7-16(17-9-11-18(20)12-10-17)8-6-15-22-19(5-2)13-14-21-3/h6-12,19,21H,4-5,13-15,20H2,1-3H3/b8-6-,16-7+. The molecular formula is C19H30N2O. The Bertz CT molecular complexity index is 463. The molecule has 1 rings (SSSR count). The maximum Gasteiger partial charge on any atom is 0.0654 e. The lowest BCUT2D eigenvalue weighted by atomic mass is 10.0. The molecule has 0 amide bonds. The molecule has 0 bridgehead atoms. The fourth-order valence-electron chi connectivity index (χ4n) is 2.25. The molecule has 22 heavy (non-hydrogen) atoms. The zero-order chi connectivity index (χ0) is 16.2. The van der Waals surface area contributed by atoms with Gasteiger partial charge >= 0.3 is 0 Å². The van der Waals surface area contributed by atoms with E-state index in [2.05, 4.69) is 49.5 Å². The van der Waals surface area contributed by atoms with Gasteiger partial charge in [0, 0.05) is 5.69 Å². The summed E-state index contributed by atoms with van der Waals surface area (Å²) >= 11 is 0. The lowest BCUT2D eigenvalue weighted by molar-refractivity contribution is 0.0656. The van der Waals surface area contributed by atoms with Crippen molar-refractivity contribution in [3.63, 3.8) is 0 Å². The number of benzene rings is 1. The van der Waals surface area contributed by atoms with Gasteiger partial charge in [-0.15, -0.1) is 0 Å². The topological polar surface area (TPSA) is 47.3 Å². The van der Waals surface area contributed by atoms with Crippen molar-refractivity contribution in [1.29, 1.82) is 0 Å². The van der Waals surface area contributed by atoms with E-state index >= 15 is 0 Å². The molecule has 3 nitrogen and oxygen atoms in total. The predicted octanol–water partition coefficient (Wildman–Crippen LogP) is 4.02. The van der Waals surface area contributed by atoms with E-state index < -0.39 is 0 Å². The van der Waals surface area contributed by atoms with Crippen LogP contribution >= 0.6 is 0 Å². The lowest BCUT2D eigenvalue weighted by Crippen LogP contribution is -2.19. The largest absolute Gasteiger partial charge is 0.399 e. The Morgan fingerprint density at radius 3 is 2.59 bits per heavy atom. The van der Waals surface area contributed by atoms with Gasteiger partial charge in [0.05, 0.1) is 12.7 Å². The summed E-state index contributed by atoms with van der Waals surface area (Å²) < 4.78 is 5.90. The number of nitrogen functional groups attached to an aromatic ring is 1. The van der Waals surface area contributed by atoms with Crippen LogP contribution in [-0.2, 0) is 4.74 Å². The number of anilines is 1. The fraction of sp³-hybridized carbons (Fsp3) is 0.474. The van der Waals surface area contributed by atoms with E-state index in [1.165, 1.54) is 11.1 Å². The van der Waals surface area contributed by atoms with Gasteiger partial charge in [-0.3, -0.25) is 0 Å². The van der Waals surface area contributed by atoms with E-state index in [-0.39, 0.29) is 0 Å². The van der Waals surface area contributed by atoms with Crippen molar-refractivity contribution in [2.24, 2.45) is 0 Å². The lowest BCUT2D eigenvalue weighted by Gasteiger charge is -2.14. The predicted molar refractivity (Wildman–Crippen MR) is 96.8 cm³/mol. The van der Waals surface area contributed by atoms with Gasteiger partial charge in [0.25, 0.3) is 0 Å². The van der Waals surface area contributed by atoms with Crippen LogP contribution in [-0.4, -0.2) is 26.3 Å². The first-order valence-corrected chi connectivity index (χ1v) is 8.20. The highest BCUT2D eigenvalue weighted by Gasteiger charge is 2.04. The molecule has 0 aliphatic rings. The van der Waals surface area contributed by atoms with Crippen LogP contribution in [0.2, 0.25) is 0 Å². The van der Waals surface area contributed by atoms with E-state index in [9.17, 15) is 0 Å². The van der Waals surface area contributed by atoms with Gasteiger partial charge < -0.3 is 15.8 Å². The monoisotopic (exact) mass is 302 g/mol. The average Bonchev–Trinajstić information content (AvgIpc) is 2.54. The molecule has 3 heteroatoms. The minimum absolute atomic E-state index is 0.326. The van der Waals surface area contributed by atoms with Gasteiger partial charge in [0.2, 0.25) is 0 Å². The van der Waals surface area contributed by atoms with Crippen LogP contribution in [0.1, 0.15) is 38.7 Å². The highest BCUT2D eigenvalue weighted by molar-refractivity contribution is 5.74. The van der Waals surface area contributed by atoms with E-state index in [1.54, 1.807) is 0 Å². The van der Waals surface area contributed by atoms with Crippen LogP contribution in [0, 0.1) is 0 Å². The third-order valence-corrected chi connectivity index (χ3v) is 3.57. The Morgan fingerprint density at radius 2 is 2.00 bits per heavy atom. The summed E-state index contributed by atoms with van der Waals surface area (Å²) in [6, 6.07) is 8.00. The number of allylic oxidation sites excluding steroid dienone is 3. The molecule has 0 aromatic heterocycles. The first-order chi connectivity index (χ1) is 10.7. The van der Waals surface area contributed by atoms with Crippen LogP contribution in [0.25, 0.3) is 5.57 Å². The molecule has 0 aliphatic carbocycles. The summed E-state index contributed by atoms with van der Waals surface area (Å²) in [7, 11) is 1.97. The van der Waals surface area contributed by atoms with E-state index in [0.717, 1.165) is 31.5 Å². The molecular weight excluding hydrogens is 272 g/mol. The molecule has 1 aromatic carbocycles. The van der Waals surface area contributed by atoms with E-state index in [4.69, 9.17) is 10.5 Å². The molecule has 0 radical (unpaired) electrons. The van der Waals surface area contributed by atoms with Crippen LogP contribution in [0.4, 0.5) is 5.69 Å². The molecule has 0 saturated carbocycles. The minimum Gasteiger partial charge on any atom is -0.399 e. The zero-order valence-corrected chi connectivity index (χ0v) is 14.1. The number of rotatable bonds is 10. The van der Waals surface area contributed by atoms with Gasteiger partial charge in [0.1, 0.15) is 0 Å². The molecule has 0 heterocycles. The summed E-state index contributed by atoms with van der Waals surface area (Å²) in [5.74, 6) is 0. The highest BCUT2D eigenvalue weighted by atomic mass is 16.5. The van der Waals surface area contributed by atoms with Gasteiger partial charge in [-0.2, -0.15) is 0 Å². The molecule has 3 N–H and O–H groups in total. The highest BCUT2D eigenvalue weighted by Crippen LogP contribution is 2.18. The molecule has 0 fully saturated rings. The van der Waals surface area contributed by atoms with Crippen molar-refractivity contribution < 1.29 is 4.74 Å². The molecule has 122 valence electrons. The summed E-state index contributed by atoms with van der Waals surface area (Å²) in [6.45, 7) is 5.96. The molecule has 1 aromatic rings. The molecule has 0 aliphatic heterocycles. The number of ether oxygens (including phenoxy) is 1. The Kier molecular flexibility index (Phi) is 9.28. The minimum atomic E-state index is 0.326.